The summed E-state index contributed by atoms with van der Waals surface area (Å²) < 4.78 is 31.7. The number of sulfonamides is 1. The Labute approximate surface area is 117 Å². The van der Waals surface area contributed by atoms with Crippen molar-refractivity contribution in [1.82, 2.24) is 14.9 Å². The molecule has 3 N–H and O–H groups in total. The molecular weight excluding hydrogens is 280 g/mol. The first kappa shape index (κ1) is 14.5. The Hall–Kier alpha value is -1.93. The van der Waals surface area contributed by atoms with Crippen LogP contribution < -0.4 is 10.5 Å². The van der Waals surface area contributed by atoms with Gasteiger partial charge >= 0.3 is 0 Å². The van der Waals surface area contributed by atoms with Gasteiger partial charge in [0.2, 0.25) is 16.4 Å². The van der Waals surface area contributed by atoms with E-state index in [9.17, 15) is 8.42 Å². The van der Waals surface area contributed by atoms with Gasteiger partial charge in [0, 0.05) is 18.7 Å². The molecule has 0 spiro atoms. The number of hydrogen-bond acceptors (Lipinski definition) is 6. The molecule has 0 saturated heterocycles. The third kappa shape index (κ3) is 3.14. The number of nitrogens with zero attached hydrogens (tertiary/aromatic N) is 2. The molecule has 0 saturated carbocycles. The molecule has 20 heavy (non-hydrogen) atoms. The molecule has 8 heteroatoms. The minimum atomic E-state index is -3.58. The number of benzene rings is 1. The van der Waals surface area contributed by atoms with Crippen LogP contribution in [0.4, 0.5) is 5.69 Å². The van der Waals surface area contributed by atoms with Crippen molar-refractivity contribution in [1.29, 1.82) is 0 Å². The van der Waals surface area contributed by atoms with E-state index in [4.69, 9.17) is 5.73 Å². The van der Waals surface area contributed by atoms with Crippen LogP contribution in [0.25, 0.3) is 0 Å². The SMILES string of the molecule is Cc1cc(N)cc(C)c1S(=O)(=O)NCCc1ncon1. The Kier molecular flexibility index (Phi) is 4.05. The fourth-order valence-corrected chi connectivity index (χ4v) is 3.56. The van der Waals surface area contributed by atoms with Crippen molar-refractivity contribution in [2.75, 3.05) is 12.3 Å². The van der Waals surface area contributed by atoms with Crippen molar-refractivity contribution >= 4 is 15.7 Å². The molecule has 0 aliphatic heterocycles. The number of aryl methyl sites for hydroxylation is 2. The maximum absolute atomic E-state index is 12.3. The fourth-order valence-electron chi connectivity index (χ4n) is 2.08. The minimum absolute atomic E-state index is 0.200. The van der Waals surface area contributed by atoms with E-state index in [2.05, 4.69) is 19.4 Å². The molecule has 1 heterocycles. The van der Waals surface area contributed by atoms with Crippen molar-refractivity contribution in [3.8, 4) is 0 Å². The lowest BCUT2D eigenvalue weighted by molar-refractivity contribution is 0.410. The topological polar surface area (TPSA) is 111 Å². The van der Waals surface area contributed by atoms with Crippen LogP contribution in [-0.4, -0.2) is 25.1 Å². The summed E-state index contributed by atoms with van der Waals surface area (Å²) in [5, 5.41) is 3.62. The maximum atomic E-state index is 12.3. The minimum Gasteiger partial charge on any atom is -0.399 e. The van der Waals surface area contributed by atoms with Gasteiger partial charge in [-0.3, -0.25) is 0 Å². The summed E-state index contributed by atoms with van der Waals surface area (Å²) in [6, 6.07) is 3.28. The van der Waals surface area contributed by atoms with Crippen LogP contribution in [-0.2, 0) is 16.4 Å². The lowest BCUT2D eigenvalue weighted by Crippen LogP contribution is -2.27. The Balaban J connectivity index is 2.14. The van der Waals surface area contributed by atoms with Gasteiger partial charge in [0.25, 0.3) is 0 Å². The summed E-state index contributed by atoms with van der Waals surface area (Å²) >= 11 is 0. The van der Waals surface area contributed by atoms with Crippen molar-refractivity contribution in [3.05, 3.63) is 35.5 Å². The van der Waals surface area contributed by atoms with Crippen LogP contribution in [0.5, 0.6) is 0 Å². The smallest absolute Gasteiger partial charge is 0.241 e. The maximum Gasteiger partial charge on any atom is 0.241 e. The monoisotopic (exact) mass is 296 g/mol. The van der Waals surface area contributed by atoms with Crippen molar-refractivity contribution in [2.45, 2.75) is 25.2 Å². The predicted molar refractivity (Wildman–Crippen MR) is 73.5 cm³/mol. The number of nitrogens with two attached hydrogens (primary N) is 1. The Morgan fingerprint density at radius 2 is 1.95 bits per heavy atom. The van der Waals surface area contributed by atoms with Crippen LogP contribution >= 0.6 is 0 Å². The van der Waals surface area contributed by atoms with Crippen LogP contribution in [0.15, 0.2) is 27.9 Å². The molecule has 2 aromatic rings. The summed E-state index contributed by atoms with van der Waals surface area (Å²) in [6.45, 7) is 3.64. The molecule has 0 atom stereocenters. The van der Waals surface area contributed by atoms with Crippen LogP contribution in [0.1, 0.15) is 17.0 Å². The molecule has 7 nitrogen and oxygen atoms in total. The normalized spacial score (nSPS) is 11.7. The molecule has 0 fully saturated rings. The lowest BCUT2D eigenvalue weighted by Gasteiger charge is -2.12. The Bertz CT molecular complexity index is 672. The van der Waals surface area contributed by atoms with Gasteiger partial charge in [0.15, 0.2) is 5.82 Å². The zero-order chi connectivity index (χ0) is 14.8. The molecule has 0 amide bonds. The summed E-state index contributed by atoms with van der Waals surface area (Å²) in [5.74, 6) is 0.457. The van der Waals surface area contributed by atoms with E-state index in [1.165, 1.54) is 6.39 Å². The molecule has 0 unspecified atom stereocenters. The van der Waals surface area contributed by atoms with Crippen molar-refractivity contribution in [3.63, 3.8) is 0 Å². The first-order valence-electron chi connectivity index (χ1n) is 6.02. The Morgan fingerprint density at radius 3 is 2.50 bits per heavy atom. The number of aromatic nitrogens is 2. The molecule has 1 aromatic carbocycles. The van der Waals surface area contributed by atoms with Crippen LogP contribution in [0, 0.1) is 13.8 Å². The van der Waals surface area contributed by atoms with Gasteiger partial charge in [-0.25, -0.2) is 13.1 Å². The molecular formula is C12H16N4O3S. The summed E-state index contributed by atoms with van der Waals surface area (Å²) in [7, 11) is -3.58. The second kappa shape index (κ2) is 5.59. The first-order chi connectivity index (χ1) is 9.40. The highest BCUT2D eigenvalue weighted by atomic mass is 32.2. The molecule has 2 rings (SSSR count). The highest BCUT2D eigenvalue weighted by Gasteiger charge is 2.19. The molecule has 0 radical (unpaired) electrons. The molecule has 108 valence electrons. The van der Waals surface area contributed by atoms with Crippen LogP contribution in [0.2, 0.25) is 0 Å². The third-order valence-corrected chi connectivity index (χ3v) is 4.56. The number of rotatable bonds is 5. The predicted octanol–water partition coefficient (Wildman–Crippen LogP) is 0.790. The average Bonchev–Trinajstić information content (AvgIpc) is 2.79. The van der Waals surface area contributed by atoms with E-state index in [0.29, 0.717) is 29.1 Å². The average molecular weight is 296 g/mol. The number of hydrogen-bond donors (Lipinski definition) is 2. The van der Waals surface area contributed by atoms with Gasteiger partial charge in [-0.2, -0.15) is 4.98 Å². The molecule has 0 aliphatic rings. The van der Waals surface area contributed by atoms with Crippen molar-refractivity contribution in [2.24, 2.45) is 0 Å². The summed E-state index contributed by atoms with van der Waals surface area (Å²) in [6.07, 6.45) is 1.57. The largest absolute Gasteiger partial charge is 0.399 e. The van der Waals surface area contributed by atoms with Crippen LogP contribution in [0.3, 0.4) is 0 Å². The number of anilines is 1. The highest BCUT2D eigenvalue weighted by Crippen LogP contribution is 2.22. The highest BCUT2D eigenvalue weighted by molar-refractivity contribution is 7.89. The quantitative estimate of drug-likeness (QED) is 0.789. The number of nitrogen functional groups attached to an aromatic ring is 1. The summed E-state index contributed by atoms with van der Waals surface area (Å²) in [4.78, 5) is 4.09. The fraction of sp³-hybridized carbons (Fsp3) is 0.333. The number of nitrogens with one attached hydrogen (secondary N) is 1. The molecule has 1 aromatic heterocycles. The van der Waals surface area contributed by atoms with E-state index in [0.717, 1.165) is 0 Å². The van der Waals surface area contributed by atoms with Crippen molar-refractivity contribution < 1.29 is 12.9 Å². The zero-order valence-electron chi connectivity index (χ0n) is 11.3. The first-order valence-corrected chi connectivity index (χ1v) is 7.50. The van der Waals surface area contributed by atoms with Gasteiger partial charge < -0.3 is 10.3 Å². The van der Waals surface area contributed by atoms with E-state index < -0.39 is 10.0 Å². The summed E-state index contributed by atoms with van der Waals surface area (Å²) in [5.41, 5.74) is 7.48. The lowest BCUT2D eigenvalue weighted by atomic mass is 10.1. The van der Waals surface area contributed by atoms with Gasteiger partial charge in [0.1, 0.15) is 0 Å². The molecule has 0 aliphatic carbocycles. The van der Waals surface area contributed by atoms with Gasteiger partial charge in [-0.05, 0) is 37.1 Å². The standard InChI is InChI=1S/C12H16N4O3S/c1-8-5-10(13)6-9(2)12(8)20(17,18)15-4-3-11-14-7-19-16-11/h5-7,15H,3-4,13H2,1-2H3. The van der Waals surface area contributed by atoms with E-state index in [-0.39, 0.29) is 11.4 Å². The van der Waals surface area contributed by atoms with E-state index in [1.807, 2.05) is 0 Å². The van der Waals surface area contributed by atoms with Gasteiger partial charge in [-0.1, -0.05) is 5.16 Å². The second-order valence-corrected chi connectivity index (χ2v) is 6.18. The third-order valence-electron chi connectivity index (χ3n) is 2.80. The van der Waals surface area contributed by atoms with E-state index in [1.54, 1.807) is 26.0 Å². The zero-order valence-corrected chi connectivity index (χ0v) is 12.1. The van der Waals surface area contributed by atoms with Gasteiger partial charge in [0.05, 0.1) is 4.90 Å². The van der Waals surface area contributed by atoms with Gasteiger partial charge in [-0.15, -0.1) is 0 Å². The van der Waals surface area contributed by atoms with E-state index >= 15 is 0 Å². The Morgan fingerprint density at radius 1 is 1.30 bits per heavy atom. The second-order valence-electron chi connectivity index (χ2n) is 4.48. The molecule has 0 bridgehead atoms.